The van der Waals surface area contributed by atoms with Crippen LogP contribution >= 0.6 is 0 Å². The van der Waals surface area contributed by atoms with E-state index in [4.69, 9.17) is 4.74 Å². The van der Waals surface area contributed by atoms with E-state index in [-0.39, 0.29) is 23.9 Å². The number of ether oxygens (including phenoxy) is 1. The molecule has 0 amide bonds. The minimum absolute atomic E-state index is 0.161. The van der Waals surface area contributed by atoms with Gasteiger partial charge in [-0.25, -0.2) is 14.8 Å². The smallest absolute Gasteiger partial charge is 0.252 e. The van der Waals surface area contributed by atoms with Gasteiger partial charge < -0.3 is 4.74 Å². The molecule has 0 aliphatic rings. The number of anilines is 1. The summed E-state index contributed by atoms with van der Waals surface area (Å²) in [6.07, 6.45) is 1.59. The molecular weight excluding hydrogens is 335 g/mol. The molecule has 7 heteroatoms. The van der Waals surface area contributed by atoms with E-state index in [0.29, 0.717) is 17.0 Å². The second-order valence-corrected chi connectivity index (χ2v) is 5.55. The second-order valence-electron chi connectivity index (χ2n) is 5.55. The SMILES string of the molecule is Cc1cc(=O)[nH]c(N/N=C/c2ccc(OCc3ccccc3F)cc2)n1. The Bertz CT molecular complexity index is 968. The average Bonchev–Trinajstić information content (AvgIpc) is 2.61. The molecule has 3 aromatic rings. The van der Waals surface area contributed by atoms with E-state index < -0.39 is 0 Å². The summed E-state index contributed by atoms with van der Waals surface area (Å²) >= 11 is 0. The number of hydrogen-bond donors (Lipinski definition) is 2. The molecule has 0 aliphatic heterocycles. The molecule has 0 saturated carbocycles. The standard InChI is InChI=1S/C19H17FN4O2/c1-13-10-18(25)23-19(22-13)24-21-11-14-6-8-16(9-7-14)26-12-15-4-2-3-5-17(15)20/h2-11H,12H2,1H3,(H2,22,23,24,25)/b21-11+. The number of H-pyrrole nitrogens is 1. The third-order valence-corrected chi connectivity index (χ3v) is 3.49. The van der Waals surface area contributed by atoms with Crippen molar-refractivity contribution in [2.45, 2.75) is 13.5 Å². The lowest BCUT2D eigenvalue weighted by Crippen LogP contribution is -2.10. The van der Waals surface area contributed by atoms with Gasteiger partial charge in [-0.15, -0.1) is 0 Å². The molecule has 0 bridgehead atoms. The zero-order valence-electron chi connectivity index (χ0n) is 14.1. The fraction of sp³-hybridized carbons (Fsp3) is 0.105. The Labute approximate surface area is 149 Å². The number of benzene rings is 2. The monoisotopic (exact) mass is 352 g/mol. The third kappa shape index (κ3) is 4.76. The minimum Gasteiger partial charge on any atom is -0.489 e. The molecule has 2 N–H and O–H groups in total. The van der Waals surface area contributed by atoms with Crippen LogP contribution in [0.3, 0.4) is 0 Å². The zero-order valence-corrected chi connectivity index (χ0v) is 14.1. The maximum Gasteiger partial charge on any atom is 0.252 e. The Morgan fingerprint density at radius 3 is 2.73 bits per heavy atom. The van der Waals surface area contributed by atoms with Gasteiger partial charge in [-0.2, -0.15) is 5.10 Å². The fourth-order valence-corrected chi connectivity index (χ4v) is 2.23. The van der Waals surface area contributed by atoms with E-state index in [1.54, 1.807) is 43.5 Å². The van der Waals surface area contributed by atoms with Gasteiger partial charge in [0, 0.05) is 17.3 Å². The number of halogens is 1. The molecule has 1 aromatic heterocycles. The predicted molar refractivity (Wildman–Crippen MR) is 98.0 cm³/mol. The molecule has 0 fully saturated rings. The summed E-state index contributed by atoms with van der Waals surface area (Å²) in [5.41, 5.74) is 4.35. The lowest BCUT2D eigenvalue weighted by molar-refractivity contribution is 0.300. The Balaban J connectivity index is 1.57. The van der Waals surface area contributed by atoms with Gasteiger partial charge >= 0.3 is 0 Å². The van der Waals surface area contributed by atoms with Crippen LogP contribution in [0.1, 0.15) is 16.8 Å². The van der Waals surface area contributed by atoms with Crippen molar-refractivity contribution in [2.24, 2.45) is 5.10 Å². The first-order chi connectivity index (χ1) is 12.6. The van der Waals surface area contributed by atoms with E-state index in [0.717, 1.165) is 5.56 Å². The summed E-state index contributed by atoms with van der Waals surface area (Å²) in [6.45, 7) is 1.89. The Morgan fingerprint density at radius 2 is 2.00 bits per heavy atom. The van der Waals surface area contributed by atoms with Gasteiger partial charge in [-0.1, -0.05) is 18.2 Å². The number of nitrogens with one attached hydrogen (secondary N) is 2. The van der Waals surface area contributed by atoms with Crippen LogP contribution in [0.5, 0.6) is 5.75 Å². The molecule has 26 heavy (non-hydrogen) atoms. The normalized spacial score (nSPS) is 10.8. The Kier molecular flexibility index (Phi) is 5.38. The Hall–Kier alpha value is -3.48. The summed E-state index contributed by atoms with van der Waals surface area (Å²) in [6, 6.07) is 15.1. The van der Waals surface area contributed by atoms with E-state index in [9.17, 15) is 9.18 Å². The van der Waals surface area contributed by atoms with E-state index >= 15 is 0 Å². The quantitative estimate of drug-likeness (QED) is 0.527. The minimum atomic E-state index is -0.287. The molecule has 6 nitrogen and oxygen atoms in total. The number of rotatable bonds is 6. The zero-order chi connectivity index (χ0) is 18.4. The van der Waals surface area contributed by atoms with Crippen molar-refractivity contribution in [1.82, 2.24) is 9.97 Å². The molecule has 132 valence electrons. The van der Waals surface area contributed by atoms with Crippen LogP contribution in [-0.2, 0) is 6.61 Å². The third-order valence-electron chi connectivity index (χ3n) is 3.49. The number of hydrazone groups is 1. The number of aryl methyl sites for hydroxylation is 1. The number of aromatic amines is 1. The fourth-order valence-electron chi connectivity index (χ4n) is 2.23. The maximum absolute atomic E-state index is 13.6. The van der Waals surface area contributed by atoms with Crippen molar-refractivity contribution in [2.75, 3.05) is 5.43 Å². The summed E-state index contributed by atoms with van der Waals surface area (Å²) in [5, 5.41) is 4.03. The average molecular weight is 352 g/mol. The van der Waals surface area contributed by atoms with Crippen LogP contribution in [0.2, 0.25) is 0 Å². The molecule has 1 heterocycles. The maximum atomic E-state index is 13.6. The van der Waals surface area contributed by atoms with Crippen LogP contribution in [0.25, 0.3) is 0 Å². The van der Waals surface area contributed by atoms with Gasteiger partial charge in [0.25, 0.3) is 5.56 Å². The van der Waals surface area contributed by atoms with Gasteiger partial charge in [0.2, 0.25) is 5.95 Å². The molecule has 0 atom stereocenters. The molecular formula is C19H17FN4O2. The van der Waals surface area contributed by atoms with Gasteiger partial charge in [-0.05, 0) is 42.8 Å². The highest BCUT2D eigenvalue weighted by Crippen LogP contribution is 2.15. The second kappa shape index (κ2) is 8.06. The van der Waals surface area contributed by atoms with Gasteiger partial charge in [-0.3, -0.25) is 9.78 Å². The molecule has 0 aliphatic carbocycles. The molecule has 0 saturated heterocycles. The molecule has 0 unspecified atom stereocenters. The highest BCUT2D eigenvalue weighted by Gasteiger charge is 2.01. The number of nitrogens with zero attached hydrogens (tertiary/aromatic N) is 2. The predicted octanol–water partition coefficient (Wildman–Crippen LogP) is 3.24. The van der Waals surface area contributed by atoms with E-state index in [2.05, 4.69) is 20.5 Å². The summed E-state index contributed by atoms with van der Waals surface area (Å²) < 4.78 is 19.1. The molecule has 0 radical (unpaired) electrons. The number of aromatic nitrogens is 2. The van der Waals surface area contributed by atoms with Crippen LogP contribution in [0, 0.1) is 12.7 Å². The van der Waals surface area contributed by atoms with Gasteiger partial charge in [0.05, 0.1) is 6.21 Å². The number of hydrogen-bond acceptors (Lipinski definition) is 5. The highest BCUT2D eigenvalue weighted by atomic mass is 19.1. The first-order valence-electron chi connectivity index (χ1n) is 7.93. The summed E-state index contributed by atoms with van der Waals surface area (Å²) in [4.78, 5) is 18.0. The van der Waals surface area contributed by atoms with Crippen molar-refractivity contribution >= 4 is 12.2 Å². The summed E-state index contributed by atoms with van der Waals surface area (Å²) in [7, 11) is 0. The Morgan fingerprint density at radius 1 is 1.23 bits per heavy atom. The van der Waals surface area contributed by atoms with Crippen LogP contribution in [0.15, 0.2) is 64.5 Å². The van der Waals surface area contributed by atoms with E-state index in [1.807, 2.05) is 12.1 Å². The lowest BCUT2D eigenvalue weighted by atomic mass is 10.2. The van der Waals surface area contributed by atoms with Crippen LogP contribution < -0.4 is 15.7 Å². The van der Waals surface area contributed by atoms with Crippen LogP contribution in [0.4, 0.5) is 10.3 Å². The first-order valence-corrected chi connectivity index (χ1v) is 7.93. The summed E-state index contributed by atoms with van der Waals surface area (Å²) in [5.74, 6) is 0.615. The topological polar surface area (TPSA) is 79.4 Å². The van der Waals surface area contributed by atoms with E-state index in [1.165, 1.54) is 12.1 Å². The molecule has 2 aromatic carbocycles. The molecule has 0 spiro atoms. The first kappa shape index (κ1) is 17.3. The van der Waals surface area contributed by atoms with Gasteiger partial charge in [0.15, 0.2) is 0 Å². The van der Waals surface area contributed by atoms with Crippen molar-refractivity contribution in [1.29, 1.82) is 0 Å². The van der Waals surface area contributed by atoms with Crippen molar-refractivity contribution in [3.63, 3.8) is 0 Å². The highest BCUT2D eigenvalue weighted by molar-refractivity contribution is 5.80. The lowest BCUT2D eigenvalue weighted by Gasteiger charge is -2.07. The molecule has 3 rings (SSSR count). The van der Waals surface area contributed by atoms with Crippen molar-refractivity contribution in [3.8, 4) is 5.75 Å². The largest absolute Gasteiger partial charge is 0.489 e. The van der Waals surface area contributed by atoms with Gasteiger partial charge in [0.1, 0.15) is 18.2 Å². The van der Waals surface area contributed by atoms with Crippen molar-refractivity contribution < 1.29 is 9.13 Å². The van der Waals surface area contributed by atoms with Crippen LogP contribution in [-0.4, -0.2) is 16.2 Å². The van der Waals surface area contributed by atoms with Crippen molar-refractivity contribution in [3.05, 3.63) is 87.6 Å².